The van der Waals surface area contributed by atoms with Gasteiger partial charge < -0.3 is 5.11 Å². The third-order valence-electron chi connectivity index (χ3n) is 3.82. The molecular formula is C21H17FO. The lowest BCUT2D eigenvalue weighted by Crippen LogP contribution is -1.92. The van der Waals surface area contributed by atoms with Crippen LogP contribution in [0.5, 0.6) is 5.75 Å². The Morgan fingerprint density at radius 1 is 0.870 bits per heavy atom. The average molecular weight is 304 g/mol. The third kappa shape index (κ3) is 3.02. The second kappa shape index (κ2) is 6.49. The highest BCUT2D eigenvalue weighted by Crippen LogP contribution is 2.39. The molecule has 0 spiro atoms. The summed E-state index contributed by atoms with van der Waals surface area (Å²) in [6.07, 6.45) is 2.07. The van der Waals surface area contributed by atoms with Crippen LogP contribution in [0.15, 0.2) is 79.4 Å². The molecule has 0 aliphatic heterocycles. The maximum atomic E-state index is 14.0. The number of allylic oxidation sites excluding steroid dienone is 1. The van der Waals surface area contributed by atoms with Crippen molar-refractivity contribution in [1.29, 1.82) is 0 Å². The molecule has 0 amide bonds. The van der Waals surface area contributed by atoms with Crippen LogP contribution in [0.25, 0.3) is 22.3 Å². The van der Waals surface area contributed by atoms with Gasteiger partial charge in [-0.1, -0.05) is 60.7 Å². The molecule has 0 aliphatic rings. The summed E-state index contributed by atoms with van der Waals surface area (Å²) in [7, 11) is 0. The van der Waals surface area contributed by atoms with E-state index in [1.54, 1.807) is 6.08 Å². The number of benzene rings is 3. The van der Waals surface area contributed by atoms with Crippen molar-refractivity contribution in [2.75, 3.05) is 0 Å². The van der Waals surface area contributed by atoms with Crippen molar-refractivity contribution in [3.63, 3.8) is 0 Å². The van der Waals surface area contributed by atoms with Gasteiger partial charge in [-0.25, -0.2) is 4.39 Å². The van der Waals surface area contributed by atoms with Crippen LogP contribution in [0, 0.1) is 5.82 Å². The Labute approximate surface area is 135 Å². The molecule has 0 aromatic heterocycles. The van der Waals surface area contributed by atoms with Gasteiger partial charge in [-0.3, -0.25) is 0 Å². The molecule has 0 saturated carbocycles. The first-order valence-corrected chi connectivity index (χ1v) is 7.48. The highest BCUT2D eigenvalue weighted by molar-refractivity contribution is 5.86. The SMILES string of the molecule is C=CCc1cc(F)cc(-c2ccccc2-c2ccccc2)c1O. The van der Waals surface area contributed by atoms with Crippen molar-refractivity contribution < 1.29 is 9.50 Å². The third-order valence-corrected chi connectivity index (χ3v) is 3.82. The normalized spacial score (nSPS) is 10.5. The summed E-state index contributed by atoms with van der Waals surface area (Å²) in [5.41, 5.74) is 3.83. The Bertz CT molecular complexity index is 838. The molecule has 1 nitrogen and oxygen atoms in total. The van der Waals surface area contributed by atoms with Crippen LogP contribution in [-0.4, -0.2) is 5.11 Å². The van der Waals surface area contributed by atoms with Crippen molar-refractivity contribution in [1.82, 2.24) is 0 Å². The lowest BCUT2D eigenvalue weighted by molar-refractivity contribution is 0.469. The van der Waals surface area contributed by atoms with Crippen molar-refractivity contribution >= 4 is 0 Å². The molecule has 1 N–H and O–H groups in total. The summed E-state index contributed by atoms with van der Waals surface area (Å²) < 4.78 is 14.0. The van der Waals surface area contributed by atoms with E-state index < -0.39 is 0 Å². The van der Waals surface area contributed by atoms with Crippen LogP contribution in [0.1, 0.15) is 5.56 Å². The van der Waals surface area contributed by atoms with E-state index in [2.05, 4.69) is 6.58 Å². The largest absolute Gasteiger partial charge is 0.507 e. The Kier molecular flexibility index (Phi) is 4.24. The lowest BCUT2D eigenvalue weighted by atomic mass is 9.92. The van der Waals surface area contributed by atoms with Gasteiger partial charge in [0.05, 0.1) is 0 Å². The molecule has 114 valence electrons. The highest BCUT2D eigenvalue weighted by atomic mass is 19.1. The van der Waals surface area contributed by atoms with Crippen molar-refractivity contribution in [3.8, 4) is 28.0 Å². The van der Waals surface area contributed by atoms with E-state index in [9.17, 15) is 9.50 Å². The number of phenols is 1. The van der Waals surface area contributed by atoms with Crippen LogP contribution >= 0.6 is 0 Å². The summed E-state index contributed by atoms with van der Waals surface area (Å²) in [5, 5.41) is 10.6. The zero-order valence-electron chi connectivity index (χ0n) is 12.7. The Morgan fingerprint density at radius 3 is 2.22 bits per heavy atom. The van der Waals surface area contributed by atoms with Gasteiger partial charge in [0, 0.05) is 11.1 Å². The zero-order chi connectivity index (χ0) is 16.2. The fourth-order valence-corrected chi connectivity index (χ4v) is 2.76. The summed E-state index contributed by atoms with van der Waals surface area (Å²) in [6, 6.07) is 20.3. The first-order chi connectivity index (χ1) is 11.2. The van der Waals surface area contributed by atoms with Crippen LogP contribution in [0.2, 0.25) is 0 Å². The molecule has 0 radical (unpaired) electrons. The molecule has 3 rings (SSSR count). The van der Waals surface area contributed by atoms with E-state index in [4.69, 9.17) is 0 Å². The molecule has 23 heavy (non-hydrogen) atoms. The van der Waals surface area contributed by atoms with Gasteiger partial charge in [-0.2, -0.15) is 0 Å². The summed E-state index contributed by atoms with van der Waals surface area (Å²) in [4.78, 5) is 0. The minimum Gasteiger partial charge on any atom is -0.507 e. The van der Waals surface area contributed by atoms with Gasteiger partial charge in [0.25, 0.3) is 0 Å². The van der Waals surface area contributed by atoms with E-state index in [1.807, 2.05) is 54.6 Å². The quantitative estimate of drug-likeness (QED) is 0.623. The lowest BCUT2D eigenvalue weighted by Gasteiger charge is -2.14. The molecule has 2 heteroatoms. The van der Waals surface area contributed by atoms with Crippen LogP contribution in [0.3, 0.4) is 0 Å². The van der Waals surface area contributed by atoms with Gasteiger partial charge in [-0.05, 0) is 35.2 Å². The van der Waals surface area contributed by atoms with E-state index in [1.165, 1.54) is 12.1 Å². The Morgan fingerprint density at radius 2 is 1.52 bits per heavy atom. The molecule has 3 aromatic carbocycles. The average Bonchev–Trinajstić information content (AvgIpc) is 2.59. The standard InChI is InChI=1S/C21H17FO/c1-2-8-16-13-17(22)14-20(21(16)23)19-12-7-6-11-18(19)15-9-4-3-5-10-15/h2-7,9-14,23H,1,8H2. The smallest absolute Gasteiger partial charge is 0.127 e. The molecule has 0 heterocycles. The molecule has 3 aromatic rings. The van der Waals surface area contributed by atoms with Crippen molar-refractivity contribution in [2.24, 2.45) is 0 Å². The van der Waals surface area contributed by atoms with Gasteiger partial charge in [0.2, 0.25) is 0 Å². The predicted molar refractivity (Wildman–Crippen MR) is 92.8 cm³/mol. The molecule has 0 aliphatic carbocycles. The fourth-order valence-electron chi connectivity index (χ4n) is 2.76. The number of phenolic OH excluding ortho intramolecular Hbond substituents is 1. The first-order valence-electron chi connectivity index (χ1n) is 7.48. The number of hydrogen-bond donors (Lipinski definition) is 1. The van der Waals surface area contributed by atoms with E-state index in [-0.39, 0.29) is 11.6 Å². The zero-order valence-corrected chi connectivity index (χ0v) is 12.7. The van der Waals surface area contributed by atoms with Crippen molar-refractivity contribution in [2.45, 2.75) is 6.42 Å². The Balaban J connectivity index is 2.23. The second-order valence-corrected chi connectivity index (χ2v) is 5.37. The first kappa shape index (κ1) is 15.0. The second-order valence-electron chi connectivity index (χ2n) is 5.37. The number of aromatic hydroxyl groups is 1. The van der Waals surface area contributed by atoms with Gasteiger partial charge in [0.1, 0.15) is 11.6 Å². The maximum absolute atomic E-state index is 14.0. The van der Waals surface area contributed by atoms with Gasteiger partial charge in [0.15, 0.2) is 0 Å². The maximum Gasteiger partial charge on any atom is 0.127 e. The monoisotopic (exact) mass is 304 g/mol. The summed E-state index contributed by atoms with van der Waals surface area (Å²) in [6.45, 7) is 3.66. The number of rotatable bonds is 4. The minimum atomic E-state index is -0.363. The summed E-state index contributed by atoms with van der Waals surface area (Å²) >= 11 is 0. The number of halogens is 1. The van der Waals surface area contributed by atoms with Gasteiger partial charge in [-0.15, -0.1) is 6.58 Å². The molecule has 0 bridgehead atoms. The molecule has 0 fully saturated rings. The van der Waals surface area contributed by atoms with Gasteiger partial charge >= 0.3 is 0 Å². The fraction of sp³-hybridized carbons (Fsp3) is 0.0476. The van der Waals surface area contributed by atoms with Crippen LogP contribution < -0.4 is 0 Å². The van der Waals surface area contributed by atoms with E-state index in [0.717, 1.165) is 16.7 Å². The van der Waals surface area contributed by atoms with Crippen molar-refractivity contribution in [3.05, 3.63) is 90.8 Å². The topological polar surface area (TPSA) is 20.2 Å². The molecule has 0 unspecified atom stereocenters. The van der Waals surface area contributed by atoms with E-state index in [0.29, 0.717) is 17.5 Å². The number of hydrogen-bond acceptors (Lipinski definition) is 1. The minimum absolute atomic E-state index is 0.106. The predicted octanol–water partition coefficient (Wildman–Crippen LogP) is 5.59. The molecule has 0 saturated heterocycles. The molecular weight excluding hydrogens is 287 g/mol. The molecule has 0 atom stereocenters. The Hall–Kier alpha value is -2.87. The summed E-state index contributed by atoms with van der Waals surface area (Å²) in [5.74, 6) is -0.257. The van der Waals surface area contributed by atoms with E-state index >= 15 is 0 Å². The van der Waals surface area contributed by atoms with Crippen LogP contribution in [0.4, 0.5) is 4.39 Å². The van der Waals surface area contributed by atoms with Crippen LogP contribution in [-0.2, 0) is 6.42 Å². The highest BCUT2D eigenvalue weighted by Gasteiger charge is 2.14.